The van der Waals surface area contributed by atoms with E-state index in [-0.39, 0.29) is 5.91 Å². The van der Waals surface area contributed by atoms with Gasteiger partial charge >= 0.3 is 0 Å². The zero-order valence-corrected chi connectivity index (χ0v) is 12.9. The molecule has 0 spiro atoms. The van der Waals surface area contributed by atoms with Crippen molar-refractivity contribution in [3.63, 3.8) is 0 Å². The van der Waals surface area contributed by atoms with Crippen LogP contribution in [0.25, 0.3) is 0 Å². The summed E-state index contributed by atoms with van der Waals surface area (Å²) >= 11 is 0. The first kappa shape index (κ1) is 13.5. The zero-order chi connectivity index (χ0) is 15.1. The topological polar surface area (TPSA) is 51.0 Å². The van der Waals surface area contributed by atoms with Crippen molar-refractivity contribution in [3.05, 3.63) is 41.2 Å². The van der Waals surface area contributed by atoms with Crippen molar-refractivity contribution >= 4 is 11.6 Å². The van der Waals surface area contributed by atoms with Crippen molar-refractivity contribution in [1.29, 1.82) is 0 Å². The van der Waals surface area contributed by atoms with Gasteiger partial charge in [0.15, 0.2) is 0 Å². The van der Waals surface area contributed by atoms with Crippen molar-refractivity contribution in [2.75, 3.05) is 11.4 Å². The Kier molecular flexibility index (Phi) is 3.21. The molecule has 2 aliphatic heterocycles. The van der Waals surface area contributed by atoms with Crippen molar-refractivity contribution in [2.45, 2.75) is 45.6 Å². The number of carbonyl (C=O) groups is 1. The average Bonchev–Trinajstić information content (AvgIpc) is 3.09. The first-order chi connectivity index (χ1) is 10.7. The molecule has 0 unspecified atom stereocenters. The second-order valence-corrected chi connectivity index (χ2v) is 6.25. The van der Waals surface area contributed by atoms with Gasteiger partial charge in [-0.05, 0) is 31.4 Å². The standard InChI is InChI=1S/C17H20N4O/c1-12-8-15-14(18-10-12)5-7-21(15)17(22)9-13-11-20-6-3-2-4-16(20)19-13/h8,10-11H,2-7,9H2,1H3. The van der Waals surface area contributed by atoms with Crippen LogP contribution in [-0.4, -0.2) is 27.0 Å². The van der Waals surface area contributed by atoms with Gasteiger partial charge in [0.1, 0.15) is 5.82 Å². The van der Waals surface area contributed by atoms with Crippen LogP contribution >= 0.6 is 0 Å². The maximum atomic E-state index is 12.7. The monoisotopic (exact) mass is 296 g/mol. The van der Waals surface area contributed by atoms with E-state index in [0.717, 1.165) is 54.4 Å². The highest BCUT2D eigenvalue weighted by Crippen LogP contribution is 2.27. The second-order valence-electron chi connectivity index (χ2n) is 6.25. The average molecular weight is 296 g/mol. The summed E-state index contributed by atoms with van der Waals surface area (Å²) in [5.74, 6) is 1.26. The highest BCUT2D eigenvalue weighted by atomic mass is 16.2. The van der Waals surface area contributed by atoms with Crippen molar-refractivity contribution in [3.8, 4) is 0 Å². The summed E-state index contributed by atoms with van der Waals surface area (Å²) in [7, 11) is 0. The minimum Gasteiger partial charge on any atom is -0.335 e. The Morgan fingerprint density at radius 1 is 1.27 bits per heavy atom. The smallest absolute Gasteiger partial charge is 0.233 e. The molecule has 0 saturated heterocycles. The summed E-state index contributed by atoms with van der Waals surface area (Å²) in [5.41, 5.74) is 4.00. The Bertz CT molecular complexity index is 711. The molecule has 0 N–H and O–H groups in total. The van der Waals surface area contributed by atoms with Crippen LogP contribution in [-0.2, 0) is 30.6 Å². The fourth-order valence-corrected chi connectivity index (χ4v) is 3.41. The van der Waals surface area contributed by atoms with Crippen molar-refractivity contribution < 1.29 is 4.79 Å². The first-order valence-electron chi connectivity index (χ1n) is 8.01. The number of anilines is 1. The lowest BCUT2D eigenvalue weighted by atomic mass is 10.2. The van der Waals surface area contributed by atoms with E-state index < -0.39 is 0 Å². The predicted molar refractivity (Wildman–Crippen MR) is 83.9 cm³/mol. The SMILES string of the molecule is Cc1cnc2c(c1)N(C(=O)Cc1cn3c(n1)CCCC3)CC2. The fourth-order valence-electron chi connectivity index (χ4n) is 3.41. The van der Waals surface area contributed by atoms with Gasteiger partial charge in [0.2, 0.25) is 5.91 Å². The molecule has 4 rings (SSSR count). The summed E-state index contributed by atoms with van der Waals surface area (Å²) in [6.07, 6.45) is 8.60. The molecule has 5 heteroatoms. The van der Waals surface area contributed by atoms with Crippen LogP contribution in [0.1, 0.15) is 35.6 Å². The number of amides is 1. The van der Waals surface area contributed by atoms with Gasteiger partial charge in [0.05, 0.1) is 23.5 Å². The largest absolute Gasteiger partial charge is 0.335 e. The van der Waals surface area contributed by atoms with Crippen LogP contribution in [0.2, 0.25) is 0 Å². The zero-order valence-electron chi connectivity index (χ0n) is 12.9. The number of nitrogens with zero attached hydrogens (tertiary/aromatic N) is 4. The van der Waals surface area contributed by atoms with E-state index in [0.29, 0.717) is 6.42 Å². The molecule has 114 valence electrons. The number of hydrogen-bond acceptors (Lipinski definition) is 3. The molecular weight excluding hydrogens is 276 g/mol. The third-order valence-corrected chi connectivity index (χ3v) is 4.54. The lowest BCUT2D eigenvalue weighted by Crippen LogP contribution is -2.30. The summed E-state index contributed by atoms with van der Waals surface area (Å²) in [5, 5.41) is 0. The van der Waals surface area contributed by atoms with E-state index in [1.807, 2.05) is 18.0 Å². The number of fused-ring (bicyclic) bond motifs is 2. The molecule has 4 heterocycles. The molecular formula is C17H20N4O. The minimum atomic E-state index is 0.126. The maximum absolute atomic E-state index is 12.7. The third-order valence-electron chi connectivity index (χ3n) is 4.54. The predicted octanol–water partition coefficient (Wildman–Crippen LogP) is 2.05. The van der Waals surface area contributed by atoms with Crippen LogP contribution in [0.5, 0.6) is 0 Å². The highest BCUT2D eigenvalue weighted by molar-refractivity contribution is 5.96. The molecule has 0 saturated carbocycles. The molecule has 5 nitrogen and oxygen atoms in total. The number of pyridine rings is 1. The van der Waals surface area contributed by atoms with Gasteiger partial charge < -0.3 is 9.47 Å². The molecule has 0 aromatic carbocycles. The summed E-state index contributed by atoms with van der Waals surface area (Å²) in [6.45, 7) is 3.78. The second kappa shape index (κ2) is 5.23. The van der Waals surface area contributed by atoms with Gasteiger partial charge in [0, 0.05) is 38.3 Å². The van der Waals surface area contributed by atoms with E-state index in [1.165, 1.54) is 12.8 Å². The molecule has 2 aromatic rings. The Balaban J connectivity index is 1.54. The lowest BCUT2D eigenvalue weighted by molar-refractivity contribution is -0.117. The number of aromatic nitrogens is 3. The Morgan fingerprint density at radius 3 is 3.05 bits per heavy atom. The molecule has 22 heavy (non-hydrogen) atoms. The molecule has 0 radical (unpaired) electrons. The molecule has 0 bridgehead atoms. The Labute approximate surface area is 130 Å². The van der Waals surface area contributed by atoms with E-state index in [9.17, 15) is 4.79 Å². The minimum absolute atomic E-state index is 0.126. The maximum Gasteiger partial charge on any atom is 0.233 e. The number of carbonyl (C=O) groups excluding carboxylic acids is 1. The van der Waals surface area contributed by atoms with Crippen molar-refractivity contribution in [1.82, 2.24) is 14.5 Å². The molecule has 2 aromatic heterocycles. The fraction of sp³-hybridized carbons (Fsp3) is 0.471. The quantitative estimate of drug-likeness (QED) is 0.852. The van der Waals surface area contributed by atoms with E-state index in [1.54, 1.807) is 0 Å². The third kappa shape index (κ3) is 2.30. The van der Waals surface area contributed by atoms with Crippen LogP contribution in [0.4, 0.5) is 5.69 Å². The van der Waals surface area contributed by atoms with E-state index >= 15 is 0 Å². The normalized spacial score (nSPS) is 16.5. The van der Waals surface area contributed by atoms with Gasteiger partial charge in [-0.1, -0.05) is 0 Å². The first-order valence-corrected chi connectivity index (χ1v) is 8.01. The van der Waals surface area contributed by atoms with Crippen LogP contribution < -0.4 is 4.90 Å². The molecule has 2 aliphatic rings. The van der Waals surface area contributed by atoms with Crippen LogP contribution in [0.3, 0.4) is 0 Å². The molecule has 0 aliphatic carbocycles. The lowest BCUT2D eigenvalue weighted by Gasteiger charge is -2.16. The van der Waals surface area contributed by atoms with Crippen molar-refractivity contribution in [2.24, 2.45) is 0 Å². The molecule has 0 atom stereocenters. The summed E-state index contributed by atoms with van der Waals surface area (Å²) < 4.78 is 2.20. The number of hydrogen-bond donors (Lipinski definition) is 0. The van der Waals surface area contributed by atoms with E-state index in [4.69, 9.17) is 0 Å². The number of imidazole rings is 1. The number of aryl methyl sites for hydroxylation is 3. The van der Waals surface area contributed by atoms with E-state index in [2.05, 4.69) is 26.8 Å². The Morgan fingerprint density at radius 2 is 2.18 bits per heavy atom. The van der Waals surface area contributed by atoms with Gasteiger partial charge in [-0.15, -0.1) is 0 Å². The van der Waals surface area contributed by atoms with Crippen LogP contribution in [0.15, 0.2) is 18.5 Å². The number of rotatable bonds is 2. The van der Waals surface area contributed by atoms with Gasteiger partial charge in [-0.2, -0.15) is 0 Å². The highest BCUT2D eigenvalue weighted by Gasteiger charge is 2.26. The van der Waals surface area contributed by atoms with Gasteiger partial charge in [0.25, 0.3) is 0 Å². The molecule has 0 fully saturated rings. The molecule has 1 amide bonds. The van der Waals surface area contributed by atoms with Crippen LogP contribution in [0, 0.1) is 6.92 Å². The Hall–Kier alpha value is -2.17. The van der Waals surface area contributed by atoms with Gasteiger partial charge in [-0.25, -0.2) is 4.98 Å². The van der Waals surface area contributed by atoms with Gasteiger partial charge in [-0.3, -0.25) is 9.78 Å². The summed E-state index contributed by atoms with van der Waals surface area (Å²) in [6, 6.07) is 2.06. The summed E-state index contributed by atoms with van der Waals surface area (Å²) in [4.78, 5) is 23.6.